The van der Waals surface area contributed by atoms with Crippen molar-refractivity contribution >= 4 is 27.9 Å². The van der Waals surface area contributed by atoms with E-state index in [-0.39, 0.29) is 17.8 Å². The van der Waals surface area contributed by atoms with Crippen LogP contribution in [0.5, 0.6) is 0 Å². The fraction of sp³-hybridized carbons (Fsp3) is 0.379. The van der Waals surface area contributed by atoms with Gasteiger partial charge < -0.3 is 15.1 Å². The van der Waals surface area contributed by atoms with Gasteiger partial charge in [0.25, 0.3) is 0 Å². The van der Waals surface area contributed by atoms with Crippen molar-refractivity contribution in [1.82, 2.24) is 24.9 Å². The molecule has 8 nitrogen and oxygen atoms in total. The molecule has 1 fully saturated rings. The maximum atomic E-state index is 13.8. The number of rotatable bonds is 10. The highest BCUT2D eigenvalue weighted by Gasteiger charge is 2.32. The van der Waals surface area contributed by atoms with Gasteiger partial charge in [0.1, 0.15) is 5.69 Å². The summed E-state index contributed by atoms with van der Waals surface area (Å²) in [6, 6.07) is 9.15. The number of alkyl halides is 3. The maximum absolute atomic E-state index is 13.8. The first-order valence-corrected chi connectivity index (χ1v) is 14.3. The average Bonchev–Trinajstić information content (AvgIpc) is 3.74. The number of nitrogens with zero attached hydrogens (tertiary/aromatic N) is 6. The van der Waals surface area contributed by atoms with Crippen LogP contribution >= 0.6 is 11.3 Å². The third-order valence-corrected chi connectivity index (χ3v) is 8.35. The molecule has 41 heavy (non-hydrogen) atoms. The summed E-state index contributed by atoms with van der Waals surface area (Å²) in [5, 5.41) is 12.3. The van der Waals surface area contributed by atoms with Crippen molar-refractivity contribution in [1.29, 1.82) is 0 Å². The van der Waals surface area contributed by atoms with Gasteiger partial charge in [0.2, 0.25) is 0 Å². The first-order valence-electron chi connectivity index (χ1n) is 13.5. The smallest absolute Gasteiger partial charge is 0.373 e. The number of halogens is 3. The number of hydrogen-bond donors (Lipinski definition) is 1. The molecule has 0 amide bonds. The zero-order valence-electron chi connectivity index (χ0n) is 23.2. The minimum Gasteiger partial charge on any atom is -0.373 e. The zero-order chi connectivity index (χ0) is 29.1. The lowest BCUT2D eigenvalue weighted by Crippen LogP contribution is -2.31. The van der Waals surface area contributed by atoms with Crippen LogP contribution in [0.3, 0.4) is 0 Å². The Kier molecular flexibility index (Phi) is 8.41. The van der Waals surface area contributed by atoms with Crippen molar-refractivity contribution in [2.24, 2.45) is 0 Å². The number of ketones is 1. The summed E-state index contributed by atoms with van der Waals surface area (Å²) in [4.78, 5) is 22.6. The van der Waals surface area contributed by atoms with Gasteiger partial charge in [-0.2, -0.15) is 13.2 Å². The maximum Gasteiger partial charge on any atom is 0.416 e. The average molecular weight is 584 g/mol. The van der Waals surface area contributed by atoms with E-state index < -0.39 is 11.7 Å². The molecule has 0 radical (unpaired) electrons. The monoisotopic (exact) mass is 583 g/mol. The van der Waals surface area contributed by atoms with Crippen LogP contribution < -0.4 is 10.2 Å². The number of hydrogen-bond acceptors (Lipinski definition) is 8. The van der Waals surface area contributed by atoms with Crippen LogP contribution in [-0.2, 0) is 12.6 Å². The van der Waals surface area contributed by atoms with Gasteiger partial charge in [0.15, 0.2) is 10.9 Å². The normalized spacial score (nSPS) is 14.0. The van der Waals surface area contributed by atoms with Crippen LogP contribution in [0.4, 0.5) is 24.0 Å². The largest absolute Gasteiger partial charge is 0.416 e. The standard InChI is InChI=1S/C29H32F3N7OS/c1-19-6-7-20(12-25(19)39-18-24(35-36-39)27-17-34-28(33-2)41-27)13-26(40)21-14-22(29(30,31)32)16-23(15-21)37(3)10-11-38-8-4-5-9-38/h6-7,12,14-18H,4-5,8-11,13H2,1-3H3,(H,33,34). The van der Waals surface area contributed by atoms with Gasteiger partial charge in [-0.15, -0.1) is 5.10 Å². The van der Waals surface area contributed by atoms with E-state index in [2.05, 4.69) is 25.5 Å². The van der Waals surface area contributed by atoms with Crippen LogP contribution in [0, 0.1) is 6.92 Å². The Balaban J connectivity index is 1.36. The second-order valence-electron chi connectivity index (χ2n) is 10.3. The van der Waals surface area contributed by atoms with Crippen LogP contribution in [0.2, 0.25) is 0 Å². The van der Waals surface area contributed by atoms with E-state index in [9.17, 15) is 18.0 Å². The topological polar surface area (TPSA) is 79.2 Å². The molecule has 0 aliphatic carbocycles. The van der Waals surface area contributed by atoms with Crippen LogP contribution in [0.1, 0.15) is 39.9 Å². The fourth-order valence-corrected chi connectivity index (χ4v) is 5.60. The van der Waals surface area contributed by atoms with Gasteiger partial charge in [-0.05, 0) is 68.2 Å². The number of carbonyl (C=O) groups excluding carboxylic acids is 1. The van der Waals surface area contributed by atoms with E-state index in [4.69, 9.17) is 0 Å². The predicted octanol–water partition coefficient (Wildman–Crippen LogP) is 5.72. The van der Waals surface area contributed by atoms with Crippen molar-refractivity contribution in [3.05, 3.63) is 71.0 Å². The van der Waals surface area contributed by atoms with Gasteiger partial charge >= 0.3 is 6.18 Å². The lowest BCUT2D eigenvalue weighted by atomic mass is 9.98. The fourth-order valence-electron chi connectivity index (χ4n) is 4.88. The van der Waals surface area contributed by atoms with Crippen LogP contribution in [0.25, 0.3) is 16.3 Å². The zero-order valence-corrected chi connectivity index (χ0v) is 24.0. The van der Waals surface area contributed by atoms with Crippen LogP contribution in [-0.4, -0.2) is 70.9 Å². The number of thiazole rings is 1. The van der Waals surface area contributed by atoms with E-state index in [1.807, 2.05) is 25.1 Å². The minimum absolute atomic E-state index is 0.0403. The highest BCUT2D eigenvalue weighted by molar-refractivity contribution is 7.18. The second-order valence-corrected chi connectivity index (χ2v) is 11.3. The molecule has 1 aliphatic rings. The summed E-state index contributed by atoms with van der Waals surface area (Å²) in [6.07, 6.45) is 1.20. The lowest BCUT2D eigenvalue weighted by Gasteiger charge is -2.24. The van der Waals surface area contributed by atoms with E-state index in [0.29, 0.717) is 23.5 Å². The summed E-state index contributed by atoms with van der Waals surface area (Å²) in [6.45, 7) is 5.29. The number of benzene rings is 2. The van der Waals surface area contributed by atoms with Gasteiger partial charge in [-0.3, -0.25) is 4.79 Å². The molecule has 1 aliphatic heterocycles. The van der Waals surface area contributed by atoms with Crippen molar-refractivity contribution in [2.45, 2.75) is 32.4 Å². The molecule has 0 unspecified atom stereocenters. The molecule has 1 N–H and O–H groups in total. The van der Waals surface area contributed by atoms with E-state index in [1.165, 1.54) is 11.3 Å². The second kappa shape index (κ2) is 12.0. The molecule has 4 aromatic rings. The van der Waals surface area contributed by atoms with E-state index in [1.54, 1.807) is 42.1 Å². The highest BCUT2D eigenvalue weighted by Crippen LogP contribution is 2.33. The Morgan fingerprint density at radius 1 is 1.15 bits per heavy atom. The Labute approximate surface area is 240 Å². The molecular weight excluding hydrogens is 551 g/mol. The summed E-state index contributed by atoms with van der Waals surface area (Å²) in [5.41, 5.74) is 2.58. The molecule has 3 heterocycles. The highest BCUT2D eigenvalue weighted by atomic mass is 32.1. The number of carbonyl (C=O) groups is 1. The van der Waals surface area contributed by atoms with Gasteiger partial charge in [-0.25, -0.2) is 9.67 Å². The third kappa shape index (κ3) is 6.76. The summed E-state index contributed by atoms with van der Waals surface area (Å²) >= 11 is 1.45. The predicted molar refractivity (Wildman–Crippen MR) is 155 cm³/mol. The Morgan fingerprint density at radius 2 is 1.93 bits per heavy atom. The Hall–Kier alpha value is -3.77. The lowest BCUT2D eigenvalue weighted by molar-refractivity contribution is -0.137. The van der Waals surface area contributed by atoms with Gasteiger partial charge in [0, 0.05) is 51.1 Å². The number of anilines is 2. The van der Waals surface area contributed by atoms with Crippen molar-refractivity contribution < 1.29 is 18.0 Å². The summed E-state index contributed by atoms with van der Waals surface area (Å²) in [5.74, 6) is -0.386. The van der Waals surface area contributed by atoms with Crippen LogP contribution in [0.15, 0.2) is 48.8 Å². The molecule has 0 atom stereocenters. The first kappa shape index (κ1) is 28.7. The molecule has 216 valence electrons. The quantitative estimate of drug-likeness (QED) is 0.239. The van der Waals surface area contributed by atoms with Crippen molar-refractivity contribution in [3.8, 4) is 16.3 Å². The number of nitrogens with one attached hydrogen (secondary N) is 1. The number of aromatic nitrogens is 4. The molecular formula is C29H32F3N7OS. The molecule has 5 rings (SSSR count). The van der Waals surface area contributed by atoms with Gasteiger partial charge in [-0.1, -0.05) is 28.7 Å². The summed E-state index contributed by atoms with van der Waals surface area (Å²) < 4.78 is 43.0. The molecule has 2 aromatic carbocycles. The summed E-state index contributed by atoms with van der Waals surface area (Å²) in [7, 11) is 3.56. The molecule has 12 heteroatoms. The Bertz CT molecular complexity index is 1520. The van der Waals surface area contributed by atoms with Gasteiger partial charge in [0.05, 0.1) is 22.3 Å². The Morgan fingerprint density at radius 3 is 2.63 bits per heavy atom. The number of aryl methyl sites for hydroxylation is 1. The minimum atomic E-state index is -4.56. The molecule has 0 bridgehead atoms. The third-order valence-electron chi connectivity index (χ3n) is 7.31. The molecule has 0 saturated carbocycles. The number of likely N-dealkylation sites (tertiary alicyclic amines) is 1. The molecule has 2 aromatic heterocycles. The molecule has 0 spiro atoms. The number of likely N-dealkylation sites (N-methyl/N-ethyl adjacent to an activating group) is 1. The SMILES string of the molecule is CNc1ncc(-c2cn(-c3cc(CC(=O)c4cc(N(C)CCN5CCCC5)cc(C(F)(F)F)c4)ccc3C)nn2)s1. The molecule has 1 saturated heterocycles. The number of Topliss-reactive ketones (excluding diaryl/α,β-unsaturated/α-hetero) is 1. The van der Waals surface area contributed by atoms with E-state index >= 15 is 0 Å². The van der Waals surface area contributed by atoms with Crippen molar-refractivity contribution in [3.63, 3.8) is 0 Å². The van der Waals surface area contributed by atoms with Crippen molar-refractivity contribution in [2.75, 3.05) is 50.5 Å². The van der Waals surface area contributed by atoms with E-state index in [0.717, 1.165) is 65.9 Å². The first-order chi connectivity index (χ1) is 19.6.